The summed E-state index contributed by atoms with van der Waals surface area (Å²) in [5.74, 6) is 0.000828. The summed E-state index contributed by atoms with van der Waals surface area (Å²) in [7, 11) is 0. The zero-order chi connectivity index (χ0) is 22.5. The molecule has 1 amide bonds. The van der Waals surface area contributed by atoms with Crippen LogP contribution < -0.4 is 11.1 Å². The van der Waals surface area contributed by atoms with Crippen molar-refractivity contribution in [3.05, 3.63) is 72.1 Å². The first-order valence-electron chi connectivity index (χ1n) is 10.7. The molecule has 1 aliphatic heterocycles. The third kappa shape index (κ3) is 4.81. The summed E-state index contributed by atoms with van der Waals surface area (Å²) in [6, 6.07) is 20.8. The van der Waals surface area contributed by atoms with Gasteiger partial charge in [-0.15, -0.1) is 0 Å². The van der Waals surface area contributed by atoms with Gasteiger partial charge in [-0.2, -0.15) is 0 Å². The normalized spacial score (nSPS) is 15.4. The van der Waals surface area contributed by atoms with Crippen molar-refractivity contribution < 1.29 is 9.90 Å². The van der Waals surface area contributed by atoms with Gasteiger partial charge in [-0.25, -0.2) is 9.97 Å². The molecule has 0 radical (unpaired) electrons. The lowest BCUT2D eigenvalue weighted by atomic mass is 9.95. The highest BCUT2D eigenvalue weighted by molar-refractivity contribution is 6.05. The molecule has 0 saturated carbocycles. The largest absolute Gasteiger partial charge is 0.396 e. The van der Waals surface area contributed by atoms with E-state index in [1.54, 1.807) is 18.2 Å². The number of piperidine rings is 1. The predicted molar refractivity (Wildman–Crippen MR) is 121 cm³/mol. The van der Waals surface area contributed by atoms with Gasteiger partial charge in [0.05, 0.1) is 23.1 Å². The van der Waals surface area contributed by atoms with Gasteiger partial charge in [-0.3, -0.25) is 9.69 Å². The summed E-state index contributed by atoms with van der Waals surface area (Å²) in [5, 5.41) is 12.1. The molecular formula is C25H25N5O2. The molecular weight excluding hydrogens is 402 g/mol. The molecule has 1 atom stereocenters. The van der Waals surface area contributed by atoms with Gasteiger partial charge in [0.1, 0.15) is 0 Å². The van der Waals surface area contributed by atoms with Crippen LogP contribution in [0.5, 0.6) is 0 Å². The lowest BCUT2D eigenvalue weighted by Crippen LogP contribution is -2.36. The fourth-order valence-corrected chi connectivity index (χ4v) is 3.86. The number of nitrogens with one attached hydrogen (secondary N) is 1. The highest BCUT2D eigenvalue weighted by Crippen LogP contribution is 2.28. The van der Waals surface area contributed by atoms with Crippen LogP contribution in [0, 0.1) is 30.2 Å². The van der Waals surface area contributed by atoms with Crippen LogP contribution in [-0.4, -0.2) is 45.6 Å². The van der Waals surface area contributed by atoms with Crippen molar-refractivity contribution in [1.82, 2.24) is 14.9 Å². The lowest BCUT2D eigenvalue weighted by molar-refractivity contribution is 0.102. The minimum absolute atomic E-state index is 0.0493. The molecule has 1 saturated heterocycles. The van der Waals surface area contributed by atoms with E-state index in [9.17, 15) is 9.90 Å². The first kappa shape index (κ1) is 21.6. The summed E-state index contributed by atoms with van der Waals surface area (Å²) in [6.45, 7) is 4.31. The van der Waals surface area contributed by atoms with Gasteiger partial charge in [0.2, 0.25) is 0 Å². The predicted octanol–water partition coefficient (Wildman–Crippen LogP) is 2.94. The average molecular weight is 428 g/mol. The number of amides is 1. The van der Waals surface area contributed by atoms with Crippen molar-refractivity contribution in [3.63, 3.8) is 0 Å². The molecule has 0 bridgehead atoms. The van der Waals surface area contributed by atoms with Gasteiger partial charge in [-0.05, 0) is 68.6 Å². The van der Waals surface area contributed by atoms with Crippen molar-refractivity contribution in [2.24, 2.45) is 5.92 Å². The van der Waals surface area contributed by atoms with Gasteiger partial charge in [0.25, 0.3) is 5.91 Å². The minimum atomic E-state index is -0.447. The van der Waals surface area contributed by atoms with E-state index in [-0.39, 0.29) is 24.2 Å². The van der Waals surface area contributed by atoms with E-state index in [2.05, 4.69) is 51.4 Å². The van der Waals surface area contributed by atoms with Crippen molar-refractivity contribution in [3.8, 4) is 11.3 Å². The van der Waals surface area contributed by atoms with Crippen molar-refractivity contribution >= 4 is 17.4 Å². The van der Waals surface area contributed by atoms with Gasteiger partial charge >= 0.3 is 0 Å². The van der Waals surface area contributed by atoms with Crippen molar-refractivity contribution in [2.75, 3.05) is 30.7 Å². The molecule has 0 spiro atoms. The Morgan fingerprint density at radius 3 is 2.84 bits per heavy atom. The van der Waals surface area contributed by atoms with Crippen molar-refractivity contribution in [1.29, 1.82) is 0 Å². The van der Waals surface area contributed by atoms with Crippen molar-refractivity contribution in [2.45, 2.75) is 25.8 Å². The van der Waals surface area contributed by atoms with Crippen LogP contribution in [0.4, 0.5) is 11.5 Å². The first-order chi connectivity index (χ1) is 15.5. The number of carbonyl (C=O) groups excluding carboxylic acids is 1. The molecule has 3 aromatic rings. The molecule has 162 valence electrons. The van der Waals surface area contributed by atoms with Crippen LogP contribution in [0.2, 0.25) is 0 Å². The fraction of sp³-hybridized carbons (Fsp3) is 0.320. The number of carbonyl (C=O) groups is 1. The van der Waals surface area contributed by atoms with E-state index in [0.29, 0.717) is 22.9 Å². The molecule has 2 heterocycles. The zero-order valence-electron chi connectivity index (χ0n) is 17.9. The number of aliphatic hydroxyl groups excluding tert-OH is 1. The Morgan fingerprint density at radius 1 is 1.31 bits per heavy atom. The number of hydrogen-bond acceptors (Lipinski definition) is 6. The van der Waals surface area contributed by atoms with E-state index in [1.165, 1.54) is 6.20 Å². The highest BCUT2D eigenvalue weighted by Gasteiger charge is 2.23. The first-order valence-corrected chi connectivity index (χ1v) is 10.7. The summed E-state index contributed by atoms with van der Waals surface area (Å²) in [4.78, 5) is 23.7. The molecule has 1 unspecified atom stereocenters. The van der Waals surface area contributed by atoms with Crippen LogP contribution in [0.15, 0.2) is 36.5 Å². The van der Waals surface area contributed by atoms with Crippen LogP contribution in [0.25, 0.3) is 11.3 Å². The molecule has 1 aromatic heterocycles. The van der Waals surface area contributed by atoms with Crippen LogP contribution >= 0.6 is 0 Å². The number of hydrogen-bond donors (Lipinski definition) is 3. The smallest absolute Gasteiger partial charge is 0.278 e. The molecule has 2 aromatic carbocycles. The van der Waals surface area contributed by atoms with Gasteiger partial charge in [0.15, 0.2) is 11.5 Å². The van der Waals surface area contributed by atoms with Crippen LogP contribution in [0.3, 0.4) is 0 Å². The Hall–Kier alpha value is -3.65. The molecule has 0 aliphatic carbocycles. The molecule has 4 rings (SSSR count). The van der Waals surface area contributed by atoms with Crippen LogP contribution in [-0.2, 0) is 0 Å². The number of rotatable bonds is 6. The SMILES string of the molecule is CC(c1cc#cc(-c2cnc(N)c(C(=O)Nc3cc#ccc3)n2)c1)N1CCC(CO)CC1. The molecule has 7 heteroatoms. The number of anilines is 2. The average Bonchev–Trinajstić information content (AvgIpc) is 2.84. The molecule has 4 N–H and O–H groups in total. The Bertz CT molecular complexity index is 1060. The minimum Gasteiger partial charge on any atom is -0.396 e. The highest BCUT2D eigenvalue weighted by atomic mass is 16.3. The van der Waals surface area contributed by atoms with E-state index in [1.807, 2.05) is 12.1 Å². The van der Waals surface area contributed by atoms with E-state index >= 15 is 0 Å². The Morgan fingerprint density at radius 2 is 2.12 bits per heavy atom. The Labute approximate surface area is 188 Å². The summed E-state index contributed by atoms with van der Waals surface area (Å²) in [5.41, 5.74) is 8.83. The molecule has 1 aliphatic rings. The maximum Gasteiger partial charge on any atom is 0.278 e. The maximum absolute atomic E-state index is 12.7. The summed E-state index contributed by atoms with van der Waals surface area (Å²) >= 11 is 0. The maximum atomic E-state index is 12.7. The number of likely N-dealkylation sites (tertiary alicyclic amines) is 1. The molecule has 32 heavy (non-hydrogen) atoms. The van der Waals surface area contributed by atoms with Gasteiger partial charge < -0.3 is 16.2 Å². The second-order valence-electron chi connectivity index (χ2n) is 7.97. The van der Waals surface area contributed by atoms with Crippen LogP contribution in [0.1, 0.15) is 41.9 Å². The van der Waals surface area contributed by atoms with Gasteiger partial charge in [0, 0.05) is 18.7 Å². The third-order valence-electron chi connectivity index (χ3n) is 5.90. The zero-order valence-corrected chi connectivity index (χ0v) is 17.9. The van der Waals surface area contributed by atoms with E-state index < -0.39 is 5.91 Å². The van der Waals surface area contributed by atoms with Gasteiger partial charge in [-0.1, -0.05) is 24.3 Å². The summed E-state index contributed by atoms with van der Waals surface area (Å²) in [6.07, 6.45) is 3.53. The fourth-order valence-electron chi connectivity index (χ4n) is 3.86. The van der Waals surface area contributed by atoms with E-state index in [0.717, 1.165) is 31.5 Å². The summed E-state index contributed by atoms with van der Waals surface area (Å²) < 4.78 is 0. The van der Waals surface area contributed by atoms with E-state index in [4.69, 9.17) is 5.73 Å². The quantitative estimate of drug-likeness (QED) is 0.559. The standard InChI is InChI=1S/C25H25N5O2/c1-17(30-12-10-18(16-31)11-13-30)19-6-5-7-20(14-19)22-15-27-24(26)23(29-22)25(32)28-21-8-3-2-4-9-21/h3,6,8-9,14-15,17-18,31H,10-13,16H2,1H3,(H2,26,27)(H,28,32). The molecule has 7 nitrogen and oxygen atoms in total. The number of aromatic nitrogens is 2. The number of nitrogens with two attached hydrogens (primary N) is 1. The lowest BCUT2D eigenvalue weighted by Gasteiger charge is -2.35. The number of aliphatic hydroxyl groups is 1. The number of nitrogen functional groups attached to an aromatic ring is 1. The third-order valence-corrected chi connectivity index (χ3v) is 5.90. The second kappa shape index (κ2) is 9.65. The topological polar surface area (TPSA) is 104 Å². The Balaban J connectivity index is 1.54. The number of nitrogens with zero attached hydrogens (tertiary/aromatic N) is 3. The molecule has 1 fully saturated rings. The monoisotopic (exact) mass is 427 g/mol. The Kier molecular flexibility index (Phi) is 6.51. The second-order valence-corrected chi connectivity index (χ2v) is 7.97.